The van der Waals surface area contributed by atoms with Crippen LogP contribution in [0.4, 0.5) is 0 Å². The maximum absolute atomic E-state index is 12.1. The van der Waals surface area contributed by atoms with Crippen LogP contribution in [0.2, 0.25) is 0 Å². The van der Waals surface area contributed by atoms with Gasteiger partial charge in [0, 0.05) is 19.2 Å². The minimum atomic E-state index is -0.362. The third-order valence-electron chi connectivity index (χ3n) is 3.05. The van der Waals surface area contributed by atoms with Crippen molar-refractivity contribution in [3.8, 4) is 0 Å². The second-order valence-electron chi connectivity index (χ2n) is 4.77. The van der Waals surface area contributed by atoms with Crippen molar-refractivity contribution in [3.05, 3.63) is 41.5 Å². The van der Waals surface area contributed by atoms with Crippen LogP contribution in [0.15, 0.2) is 30.3 Å². The standard InChI is InChI=1S/C17H23NO3/c1-4-12-18(13-5-2)16(19)11-8-14-6-9-15(10-7-14)17(20)21-3/h6-11H,4-5,12-13H2,1-3H3. The summed E-state index contributed by atoms with van der Waals surface area (Å²) in [5.41, 5.74) is 1.38. The smallest absolute Gasteiger partial charge is 0.337 e. The maximum Gasteiger partial charge on any atom is 0.337 e. The summed E-state index contributed by atoms with van der Waals surface area (Å²) in [6.07, 6.45) is 5.25. The zero-order chi connectivity index (χ0) is 15.7. The van der Waals surface area contributed by atoms with Gasteiger partial charge in [-0.05, 0) is 36.6 Å². The first-order valence-electron chi connectivity index (χ1n) is 7.27. The number of hydrogen-bond acceptors (Lipinski definition) is 3. The molecule has 4 heteroatoms. The maximum atomic E-state index is 12.1. The summed E-state index contributed by atoms with van der Waals surface area (Å²) < 4.78 is 4.64. The van der Waals surface area contributed by atoms with E-state index in [2.05, 4.69) is 18.6 Å². The van der Waals surface area contributed by atoms with Gasteiger partial charge in [0.15, 0.2) is 0 Å². The molecule has 0 fully saturated rings. The molecule has 114 valence electrons. The van der Waals surface area contributed by atoms with Crippen LogP contribution in [-0.4, -0.2) is 37.0 Å². The second kappa shape index (κ2) is 8.95. The van der Waals surface area contributed by atoms with E-state index in [4.69, 9.17) is 0 Å². The number of methoxy groups -OCH3 is 1. The lowest BCUT2D eigenvalue weighted by molar-refractivity contribution is -0.126. The van der Waals surface area contributed by atoms with Gasteiger partial charge in [0.2, 0.25) is 5.91 Å². The highest BCUT2D eigenvalue weighted by molar-refractivity contribution is 5.92. The van der Waals surface area contributed by atoms with Crippen molar-refractivity contribution in [1.82, 2.24) is 4.90 Å². The zero-order valence-corrected chi connectivity index (χ0v) is 13.0. The van der Waals surface area contributed by atoms with Gasteiger partial charge in [0.05, 0.1) is 12.7 Å². The Labute approximate surface area is 126 Å². The van der Waals surface area contributed by atoms with Crippen LogP contribution in [-0.2, 0) is 9.53 Å². The number of benzene rings is 1. The molecule has 4 nitrogen and oxygen atoms in total. The van der Waals surface area contributed by atoms with E-state index < -0.39 is 0 Å². The molecular weight excluding hydrogens is 266 g/mol. The van der Waals surface area contributed by atoms with Gasteiger partial charge in [0.25, 0.3) is 0 Å². The third kappa shape index (κ3) is 5.42. The molecule has 0 aliphatic heterocycles. The number of ether oxygens (including phenoxy) is 1. The van der Waals surface area contributed by atoms with Crippen LogP contribution >= 0.6 is 0 Å². The van der Waals surface area contributed by atoms with Gasteiger partial charge >= 0.3 is 5.97 Å². The highest BCUT2D eigenvalue weighted by Gasteiger charge is 2.08. The quantitative estimate of drug-likeness (QED) is 0.572. The first-order valence-corrected chi connectivity index (χ1v) is 7.27. The number of amides is 1. The Morgan fingerprint density at radius 3 is 2.14 bits per heavy atom. The lowest BCUT2D eigenvalue weighted by Gasteiger charge is -2.19. The minimum absolute atomic E-state index is 0.0238. The molecule has 0 N–H and O–H groups in total. The molecule has 0 atom stereocenters. The summed E-state index contributed by atoms with van der Waals surface area (Å²) >= 11 is 0. The number of hydrogen-bond donors (Lipinski definition) is 0. The fourth-order valence-corrected chi connectivity index (χ4v) is 1.99. The molecular formula is C17H23NO3. The van der Waals surface area contributed by atoms with Gasteiger partial charge in [-0.15, -0.1) is 0 Å². The lowest BCUT2D eigenvalue weighted by atomic mass is 10.1. The Morgan fingerprint density at radius 2 is 1.67 bits per heavy atom. The van der Waals surface area contributed by atoms with Crippen molar-refractivity contribution >= 4 is 18.0 Å². The molecule has 1 aromatic rings. The van der Waals surface area contributed by atoms with Gasteiger partial charge in [0.1, 0.15) is 0 Å². The molecule has 0 heterocycles. The predicted octanol–water partition coefficient (Wildman–Crippen LogP) is 3.14. The van der Waals surface area contributed by atoms with E-state index in [0.717, 1.165) is 31.5 Å². The van der Waals surface area contributed by atoms with Gasteiger partial charge in [-0.1, -0.05) is 26.0 Å². The van der Waals surface area contributed by atoms with Crippen molar-refractivity contribution in [2.45, 2.75) is 26.7 Å². The highest BCUT2D eigenvalue weighted by atomic mass is 16.5. The fourth-order valence-electron chi connectivity index (χ4n) is 1.99. The summed E-state index contributed by atoms with van der Waals surface area (Å²) in [5.74, 6) is -0.339. The molecule has 0 unspecified atom stereocenters. The van der Waals surface area contributed by atoms with Crippen LogP contribution in [0.25, 0.3) is 6.08 Å². The second-order valence-corrected chi connectivity index (χ2v) is 4.77. The molecule has 0 aliphatic rings. The molecule has 0 saturated heterocycles. The molecule has 21 heavy (non-hydrogen) atoms. The zero-order valence-electron chi connectivity index (χ0n) is 13.0. The SMILES string of the molecule is CCCN(CCC)C(=O)C=Cc1ccc(C(=O)OC)cc1. The molecule has 1 amide bonds. The first-order chi connectivity index (χ1) is 10.1. The van der Waals surface area contributed by atoms with E-state index in [-0.39, 0.29) is 11.9 Å². The van der Waals surface area contributed by atoms with E-state index >= 15 is 0 Å². The normalized spacial score (nSPS) is 10.6. The highest BCUT2D eigenvalue weighted by Crippen LogP contribution is 2.08. The Kier molecular flexibility index (Phi) is 7.23. The number of esters is 1. The van der Waals surface area contributed by atoms with Crippen LogP contribution in [0.1, 0.15) is 42.6 Å². The predicted molar refractivity (Wildman–Crippen MR) is 84.0 cm³/mol. The minimum Gasteiger partial charge on any atom is -0.465 e. The average Bonchev–Trinajstić information content (AvgIpc) is 2.52. The average molecular weight is 289 g/mol. The number of rotatable bonds is 7. The molecule has 0 saturated carbocycles. The molecule has 0 spiro atoms. The Morgan fingerprint density at radius 1 is 1.10 bits per heavy atom. The molecule has 0 radical (unpaired) electrons. The van der Waals surface area contributed by atoms with E-state index in [9.17, 15) is 9.59 Å². The first kappa shape index (κ1) is 17.0. The number of carbonyl (C=O) groups is 2. The number of nitrogens with zero attached hydrogens (tertiary/aromatic N) is 1. The summed E-state index contributed by atoms with van der Waals surface area (Å²) in [4.78, 5) is 25.3. The molecule has 0 bridgehead atoms. The van der Waals surface area contributed by atoms with Gasteiger partial charge in [-0.3, -0.25) is 4.79 Å². The monoisotopic (exact) mass is 289 g/mol. The van der Waals surface area contributed by atoms with E-state index in [1.54, 1.807) is 36.4 Å². The Hall–Kier alpha value is -2.10. The fraction of sp³-hybridized carbons (Fsp3) is 0.412. The summed E-state index contributed by atoms with van der Waals surface area (Å²) in [6.45, 7) is 5.67. The summed E-state index contributed by atoms with van der Waals surface area (Å²) in [6, 6.07) is 6.96. The lowest BCUT2D eigenvalue weighted by Crippen LogP contribution is -2.30. The molecule has 0 aromatic heterocycles. The van der Waals surface area contributed by atoms with Crippen molar-refractivity contribution in [2.24, 2.45) is 0 Å². The van der Waals surface area contributed by atoms with E-state index in [0.29, 0.717) is 5.56 Å². The summed E-state index contributed by atoms with van der Waals surface area (Å²) in [7, 11) is 1.35. The van der Waals surface area contributed by atoms with Crippen molar-refractivity contribution < 1.29 is 14.3 Å². The van der Waals surface area contributed by atoms with Crippen molar-refractivity contribution in [1.29, 1.82) is 0 Å². The van der Waals surface area contributed by atoms with Gasteiger partial charge in [-0.2, -0.15) is 0 Å². The number of carbonyl (C=O) groups excluding carboxylic acids is 2. The largest absolute Gasteiger partial charge is 0.465 e. The van der Waals surface area contributed by atoms with Crippen molar-refractivity contribution in [2.75, 3.05) is 20.2 Å². The van der Waals surface area contributed by atoms with Crippen molar-refractivity contribution in [3.63, 3.8) is 0 Å². The molecule has 0 aliphatic carbocycles. The van der Waals surface area contributed by atoms with E-state index in [1.807, 2.05) is 4.90 Å². The van der Waals surface area contributed by atoms with Crippen LogP contribution in [0, 0.1) is 0 Å². The van der Waals surface area contributed by atoms with E-state index in [1.165, 1.54) is 7.11 Å². The Bertz CT molecular complexity index is 485. The summed E-state index contributed by atoms with van der Waals surface area (Å²) in [5, 5.41) is 0. The topological polar surface area (TPSA) is 46.6 Å². The third-order valence-corrected chi connectivity index (χ3v) is 3.05. The van der Waals surface area contributed by atoms with Crippen LogP contribution < -0.4 is 0 Å². The Balaban J connectivity index is 2.70. The molecule has 1 rings (SSSR count). The molecule has 1 aromatic carbocycles. The van der Waals surface area contributed by atoms with Crippen LogP contribution in [0.3, 0.4) is 0 Å². The van der Waals surface area contributed by atoms with Crippen LogP contribution in [0.5, 0.6) is 0 Å². The van der Waals surface area contributed by atoms with Gasteiger partial charge in [-0.25, -0.2) is 4.79 Å². The van der Waals surface area contributed by atoms with Gasteiger partial charge < -0.3 is 9.64 Å².